The summed E-state index contributed by atoms with van der Waals surface area (Å²) >= 11 is 0. The number of aromatic amines is 1. The number of hydrogen-bond donors (Lipinski definition) is 3. The molecular weight excluding hydrogens is 526 g/mol. The quantitative estimate of drug-likeness (QED) is 0.265. The van der Waals surface area contributed by atoms with E-state index in [4.69, 9.17) is 0 Å². The molecule has 0 aliphatic heterocycles. The number of nitrogens with one attached hydrogen (secondary N) is 3. The summed E-state index contributed by atoms with van der Waals surface area (Å²) in [7, 11) is 0. The molecule has 4 aromatic rings. The van der Waals surface area contributed by atoms with Crippen LogP contribution in [0.5, 0.6) is 0 Å². The van der Waals surface area contributed by atoms with E-state index in [1.165, 1.54) is 12.4 Å². The van der Waals surface area contributed by atoms with Gasteiger partial charge in [0, 0.05) is 42.5 Å². The highest BCUT2D eigenvalue weighted by Crippen LogP contribution is 2.36. The molecule has 0 fully saturated rings. The second-order valence-electron chi connectivity index (χ2n) is 8.85. The molecule has 204 valence electrons. The van der Waals surface area contributed by atoms with Crippen molar-refractivity contribution in [1.82, 2.24) is 20.6 Å². The van der Waals surface area contributed by atoms with Gasteiger partial charge in [-0.3, -0.25) is 14.6 Å². The first-order valence-corrected chi connectivity index (χ1v) is 11.7. The molecule has 4 rings (SSSR count). The SMILES string of the molecule is O=C(Cc1cccnc1)NC(Cc1c[nH]c2ccccc12)C(=O)NCc1cc(C(F)(F)F)cc(C(F)(F)F)c1. The van der Waals surface area contributed by atoms with Crippen molar-refractivity contribution >= 4 is 22.7 Å². The summed E-state index contributed by atoms with van der Waals surface area (Å²) in [6.07, 6.45) is -5.41. The number of pyridine rings is 1. The van der Waals surface area contributed by atoms with Gasteiger partial charge in [0.1, 0.15) is 6.04 Å². The van der Waals surface area contributed by atoms with Crippen LogP contribution in [0.3, 0.4) is 0 Å². The fraction of sp³-hybridized carbons (Fsp3) is 0.222. The van der Waals surface area contributed by atoms with E-state index in [1.54, 1.807) is 24.4 Å². The summed E-state index contributed by atoms with van der Waals surface area (Å²) in [5.74, 6) is -1.28. The van der Waals surface area contributed by atoms with Gasteiger partial charge >= 0.3 is 12.4 Å². The summed E-state index contributed by atoms with van der Waals surface area (Å²) in [5.41, 5.74) is -1.30. The molecule has 2 aromatic heterocycles. The highest BCUT2D eigenvalue weighted by Gasteiger charge is 2.37. The van der Waals surface area contributed by atoms with Gasteiger partial charge in [0.15, 0.2) is 0 Å². The Bertz CT molecular complexity index is 1430. The molecule has 0 bridgehead atoms. The Morgan fingerprint density at radius 2 is 1.59 bits per heavy atom. The molecule has 1 unspecified atom stereocenters. The standard InChI is InChI=1S/C27H22F6N4O2/c28-26(29,30)19-8-17(9-20(12-19)27(31,32)33)14-36-25(39)23(37-24(38)10-16-4-3-7-34-13-16)11-18-15-35-22-6-2-1-5-21(18)22/h1-9,12-13,15,23,35H,10-11,14H2,(H,36,39)(H,37,38). The Kier molecular flexibility index (Phi) is 7.93. The van der Waals surface area contributed by atoms with E-state index in [9.17, 15) is 35.9 Å². The summed E-state index contributed by atoms with van der Waals surface area (Å²) in [5, 5.41) is 5.79. The molecule has 2 amide bonds. The first-order chi connectivity index (χ1) is 18.4. The topological polar surface area (TPSA) is 86.9 Å². The summed E-state index contributed by atoms with van der Waals surface area (Å²) < 4.78 is 79.3. The number of amides is 2. The number of hydrogen-bond acceptors (Lipinski definition) is 3. The van der Waals surface area contributed by atoms with Crippen molar-refractivity contribution in [2.75, 3.05) is 0 Å². The lowest BCUT2D eigenvalue weighted by Crippen LogP contribution is -2.48. The lowest BCUT2D eigenvalue weighted by Gasteiger charge is -2.19. The van der Waals surface area contributed by atoms with Crippen LogP contribution in [-0.2, 0) is 41.3 Å². The van der Waals surface area contributed by atoms with Gasteiger partial charge in [-0.15, -0.1) is 0 Å². The number of rotatable bonds is 8. The molecule has 39 heavy (non-hydrogen) atoms. The third-order valence-corrected chi connectivity index (χ3v) is 5.95. The maximum Gasteiger partial charge on any atom is 0.416 e. The van der Waals surface area contributed by atoms with Crippen LogP contribution in [0.1, 0.15) is 27.8 Å². The van der Waals surface area contributed by atoms with E-state index < -0.39 is 53.4 Å². The number of para-hydroxylation sites is 1. The molecular formula is C27H22F6N4O2. The highest BCUT2D eigenvalue weighted by atomic mass is 19.4. The van der Waals surface area contributed by atoms with Gasteiger partial charge in [0.25, 0.3) is 0 Å². The maximum absolute atomic E-state index is 13.2. The number of benzene rings is 2. The van der Waals surface area contributed by atoms with Crippen molar-refractivity contribution in [3.05, 3.63) is 101 Å². The van der Waals surface area contributed by atoms with Crippen molar-refractivity contribution in [3.63, 3.8) is 0 Å². The predicted octanol–water partition coefficient (Wildman–Crippen LogP) is 5.19. The second-order valence-corrected chi connectivity index (χ2v) is 8.85. The minimum Gasteiger partial charge on any atom is -0.361 e. The molecule has 0 saturated heterocycles. The Morgan fingerprint density at radius 3 is 2.23 bits per heavy atom. The van der Waals surface area contributed by atoms with Crippen LogP contribution < -0.4 is 10.6 Å². The molecule has 6 nitrogen and oxygen atoms in total. The molecule has 1 atom stereocenters. The average molecular weight is 548 g/mol. The summed E-state index contributed by atoms with van der Waals surface area (Å²) in [6, 6.07) is 10.5. The van der Waals surface area contributed by atoms with E-state index in [2.05, 4.69) is 20.6 Å². The van der Waals surface area contributed by atoms with E-state index in [0.29, 0.717) is 23.3 Å². The van der Waals surface area contributed by atoms with Crippen LogP contribution in [0, 0.1) is 0 Å². The molecule has 2 aromatic carbocycles. The molecule has 3 N–H and O–H groups in total. The lowest BCUT2D eigenvalue weighted by atomic mass is 10.0. The van der Waals surface area contributed by atoms with E-state index in [0.717, 1.165) is 10.9 Å². The molecule has 0 radical (unpaired) electrons. The van der Waals surface area contributed by atoms with Gasteiger partial charge in [0.2, 0.25) is 11.8 Å². The van der Waals surface area contributed by atoms with Gasteiger partial charge in [-0.05, 0) is 47.0 Å². The van der Waals surface area contributed by atoms with Crippen molar-refractivity contribution in [2.45, 2.75) is 37.8 Å². The second kappa shape index (κ2) is 11.2. The summed E-state index contributed by atoms with van der Waals surface area (Å²) in [6.45, 7) is -0.616. The molecule has 0 aliphatic carbocycles. The highest BCUT2D eigenvalue weighted by molar-refractivity contribution is 5.90. The van der Waals surface area contributed by atoms with Crippen molar-refractivity contribution in [3.8, 4) is 0 Å². The predicted molar refractivity (Wildman–Crippen MR) is 130 cm³/mol. The fourth-order valence-corrected chi connectivity index (χ4v) is 4.10. The van der Waals surface area contributed by atoms with Crippen LogP contribution in [-0.4, -0.2) is 27.8 Å². The zero-order valence-corrected chi connectivity index (χ0v) is 20.2. The van der Waals surface area contributed by atoms with Crippen LogP contribution in [0.4, 0.5) is 26.3 Å². The zero-order valence-electron chi connectivity index (χ0n) is 20.2. The van der Waals surface area contributed by atoms with E-state index in [1.807, 2.05) is 18.2 Å². The number of carbonyl (C=O) groups excluding carboxylic acids is 2. The van der Waals surface area contributed by atoms with E-state index in [-0.39, 0.29) is 18.9 Å². The lowest BCUT2D eigenvalue weighted by molar-refractivity contribution is -0.143. The van der Waals surface area contributed by atoms with Crippen molar-refractivity contribution in [1.29, 1.82) is 0 Å². The molecule has 12 heteroatoms. The van der Waals surface area contributed by atoms with E-state index >= 15 is 0 Å². The number of fused-ring (bicyclic) bond motifs is 1. The number of alkyl halides is 6. The molecule has 0 saturated carbocycles. The van der Waals surface area contributed by atoms with Crippen LogP contribution in [0.15, 0.2) is 73.2 Å². The Morgan fingerprint density at radius 1 is 0.897 bits per heavy atom. The number of halogens is 6. The third kappa shape index (κ3) is 7.15. The van der Waals surface area contributed by atoms with Gasteiger partial charge in [-0.1, -0.05) is 24.3 Å². The van der Waals surface area contributed by atoms with Crippen LogP contribution in [0.25, 0.3) is 10.9 Å². The third-order valence-electron chi connectivity index (χ3n) is 5.95. The normalized spacial score (nSPS) is 12.8. The van der Waals surface area contributed by atoms with Crippen molar-refractivity contribution < 1.29 is 35.9 Å². The minimum absolute atomic E-state index is 0.0177. The summed E-state index contributed by atoms with van der Waals surface area (Å²) in [4.78, 5) is 32.9. The maximum atomic E-state index is 13.2. The molecule has 2 heterocycles. The van der Waals surface area contributed by atoms with Gasteiger partial charge in [0.05, 0.1) is 17.5 Å². The Balaban J connectivity index is 1.55. The smallest absolute Gasteiger partial charge is 0.361 e. The molecule has 0 aliphatic rings. The zero-order chi connectivity index (χ0) is 28.2. The Hall–Kier alpha value is -4.35. The monoisotopic (exact) mass is 548 g/mol. The average Bonchev–Trinajstić information content (AvgIpc) is 3.29. The number of carbonyl (C=O) groups is 2. The minimum atomic E-state index is -5.02. The largest absolute Gasteiger partial charge is 0.416 e. The molecule has 0 spiro atoms. The van der Waals surface area contributed by atoms with Crippen LogP contribution in [0.2, 0.25) is 0 Å². The Labute approximate surface area is 218 Å². The number of H-pyrrole nitrogens is 1. The number of aromatic nitrogens is 2. The van der Waals surface area contributed by atoms with Gasteiger partial charge < -0.3 is 15.6 Å². The fourth-order valence-electron chi connectivity index (χ4n) is 4.10. The first-order valence-electron chi connectivity index (χ1n) is 11.7. The van der Waals surface area contributed by atoms with Gasteiger partial charge in [-0.25, -0.2) is 0 Å². The number of nitrogens with zero attached hydrogens (tertiary/aromatic N) is 1. The van der Waals surface area contributed by atoms with Crippen LogP contribution >= 0.6 is 0 Å². The van der Waals surface area contributed by atoms with Gasteiger partial charge in [-0.2, -0.15) is 26.3 Å². The first kappa shape index (κ1) is 27.7. The van der Waals surface area contributed by atoms with Crippen molar-refractivity contribution in [2.24, 2.45) is 0 Å².